The summed E-state index contributed by atoms with van der Waals surface area (Å²) in [5, 5.41) is 0. The van der Waals surface area contributed by atoms with Gasteiger partial charge in [0, 0.05) is 58.3 Å². The SMILES string of the molecule is Cc1cc(F)ccc1[C@H]1C[C@H](N2CCN3C(=O)CCC3C2)CCN1C(=O)N(C)Cc1cc(C(F)(F)F)cc(C(F)(F)F)c1. The van der Waals surface area contributed by atoms with E-state index < -0.39 is 47.9 Å². The van der Waals surface area contributed by atoms with Crippen LogP contribution in [0.5, 0.6) is 0 Å². The standard InChI is InChI=1S/C30H33F7N4O2/c1-18-11-22(31)3-5-25(18)26-15-23(39-9-10-40-24(17-39)4-6-27(40)42)7-8-41(26)28(43)38(2)16-19-12-20(29(32,33)34)14-21(13-19)30(35,36)37/h3,5,11-14,23-24,26H,4,6-10,15-17H2,1-2H3/t23-,24?,26-/m1/s1. The molecule has 3 aliphatic rings. The number of piperazine rings is 1. The Labute approximate surface area is 245 Å². The van der Waals surface area contributed by atoms with E-state index in [1.807, 2.05) is 4.90 Å². The molecule has 234 valence electrons. The van der Waals surface area contributed by atoms with Crippen LogP contribution < -0.4 is 0 Å². The van der Waals surface area contributed by atoms with Crippen molar-refractivity contribution in [1.82, 2.24) is 19.6 Å². The smallest absolute Gasteiger partial charge is 0.337 e. The van der Waals surface area contributed by atoms with E-state index in [0.717, 1.165) is 23.4 Å². The number of piperidine rings is 1. The Bertz CT molecular complexity index is 1350. The lowest BCUT2D eigenvalue weighted by atomic mass is 9.88. The molecule has 3 aliphatic heterocycles. The number of carbonyl (C=O) groups is 2. The van der Waals surface area contributed by atoms with Crippen LogP contribution >= 0.6 is 0 Å². The molecule has 3 heterocycles. The first-order valence-corrected chi connectivity index (χ1v) is 14.2. The van der Waals surface area contributed by atoms with Gasteiger partial charge in [-0.15, -0.1) is 0 Å². The Balaban J connectivity index is 1.38. The summed E-state index contributed by atoms with van der Waals surface area (Å²) in [6.07, 6.45) is -7.56. The predicted octanol–water partition coefficient (Wildman–Crippen LogP) is 6.24. The Kier molecular flexibility index (Phi) is 8.40. The number of urea groups is 1. The van der Waals surface area contributed by atoms with Crippen LogP contribution in [-0.2, 0) is 23.7 Å². The average Bonchev–Trinajstić information content (AvgIpc) is 3.31. The molecule has 13 heteroatoms. The number of alkyl halides is 6. The molecule has 2 aromatic carbocycles. The highest BCUT2D eigenvalue weighted by Gasteiger charge is 2.42. The van der Waals surface area contributed by atoms with Crippen molar-refractivity contribution >= 4 is 11.9 Å². The molecular weight excluding hydrogens is 581 g/mol. The number of halogens is 7. The Morgan fingerprint density at radius 3 is 2.23 bits per heavy atom. The fourth-order valence-electron chi connectivity index (χ4n) is 6.71. The van der Waals surface area contributed by atoms with Gasteiger partial charge in [-0.25, -0.2) is 9.18 Å². The van der Waals surface area contributed by atoms with Gasteiger partial charge >= 0.3 is 18.4 Å². The number of rotatable bonds is 4. The molecule has 0 bridgehead atoms. The van der Waals surface area contributed by atoms with Gasteiger partial charge in [0.2, 0.25) is 5.91 Å². The van der Waals surface area contributed by atoms with E-state index in [-0.39, 0.29) is 36.2 Å². The van der Waals surface area contributed by atoms with Crippen LogP contribution in [0.1, 0.15) is 59.5 Å². The van der Waals surface area contributed by atoms with Crippen molar-refractivity contribution in [2.45, 2.75) is 69.6 Å². The van der Waals surface area contributed by atoms with E-state index in [4.69, 9.17) is 0 Å². The third kappa shape index (κ3) is 6.61. The van der Waals surface area contributed by atoms with Gasteiger partial charge < -0.3 is 14.7 Å². The highest BCUT2D eigenvalue weighted by atomic mass is 19.4. The number of hydrogen-bond acceptors (Lipinski definition) is 3. The van der Waals surface area contributed by atoms with Crippen molar-refractivity contribution in [3.05, 3.63) is 70.0 Å². The van der Waals surface area contributed by atoms with E-state index in [0.29, 0.717) is 50.0 Å². The summed E-state index contributed by atoms with van der Waals surface area (Å²) in [5.74, 6) is -0.272. The molecule has 0 radical (unpaired) electrons. The van der Waals surface area contributed by atoms with Gasteiger partial charge in [-0.2, -0.15) is 26.3 Å². The molecule has 3 amide bonds. The minimum Gasteiger partial charge on any atom is -0.337 e. The van der Waals surface area contributed by atoms with E-state index in [1.54, 1.807) is 17.9 Å². The number of hydrogen-bond donors (Lipinski definition) is 0. The molecule has 3 fully saturated rings. The van der Waals surface area contributed by atoms with Crippen molar-refractivity contribution in [3.63, 3.8) is 0 Å². The maximum atomic E-state index is 14.0. The van der Waals surface area contributed by atoms with E-state index >= 15 is 0 Å². The summed E-state index contributed by atoms with van der Waals surface area (Å²) < 4.78 is 94.4. The summed E-state index contributed by atoms with van der Waals surface area (Å²) in [5.41, 5.74) is -1.83. The molecule has 2 aromatic rings. The first kappa shape index (κ1) is 31.1. The summed E-state index contributed by atoms with van der Waals surface area (Å²) in [6, 6.07) is 4.78. The summed E-state index contributed by atoms with van der Waals surface area (Å²) in [4.78, 5) is 32.9. The van der Waals surface area contributed by atoms with E-state index in [1.165, 1.54) is 19.2 Å². The van der Waals surface area contributed by atoms with Crippen molar-refractivity contribution < 1.29 is 40.3 Å². The third-order valence-corrected chi connectivity index (χ3v) is 8.85. The quantitative estimate of drug-likeness (QED) is 0.384. The average molecular weight is 615 g/mol. The molecule has 0 saturated carbocycles. The lowest BCUT2D eigenvalue weighted by molar-refractivity contribution is -0.143. The normalized spacial score (nSPS) is 23.5. The molecule has 0 spiro atoms. The first-order chi connectivity index (χ1) is 20.1. The zero-order valence-corrected chi connectivity index (χ0v) is 23.8. The number of amides is 3. The maximum absolute atomic E-state index is 14.0. The molecule has 0 aliphatic carbocycles. The Morgan fingerprint density at radius 1 is 0.930 bits per heavy atom. The number of nitrogens with zero attached hydrogens (tertiary/aromatic N) is 4. The largest absolute Gasteiger partial charge is 0.416 e. The van der Waals surface area contributed by atoms with Crippen LogP contribution in [0.4, 0.5) is 35.5 Å². The molecule has 0 N–H and O–H groups in total. The third-order valence-electron chi connectivity index (χ3n) is 8.85. The highest BCUT2D eigenvalue weighted by molar-refractivity contribution is 5.79. The van der Waals surface area contributed by atoms with Crippen LogP contribution in [0.3, 0.4) is 0 Å². The first-order valence-electron chi connectivity index (χ1n) is 14.2. The van der Waals surface area contributed by atoms with Gasteiger partial charge in [-0.05, 0) is 73.2 Å². The van der Waals surface area contributed by atoms with Crippen molar-refractivity contribution in [1.29, 1.82) is 0 Å². The van der Waals surface area contributed by atoms with E-state index in [2.05, 4.69) is 4.90 Å². The fourth-order valence-corrected chi connectivity index (χ4v) is 6.71. The van der Waals surface area contributed by atoms with Crippen LogP contribution in [0.25, 0.3) is 0 Å². The summed E-state index contributed by atoms with van der Waals surface area (Å²) in [6.45, 7) is 3.58. The number of fused-ring (bicyclic) bond motifs is 1. The van der Waals surface area contributed by atoms with Crippen molar-refractivity contribution in [3.8, 4) is 0 Å². The molecule has 3 atom stereocenters. The Hall–Kier alpha value is -3.35. The number of aryl methyl sites for hydroxylation is 1. The zero-order valence-electron chi connectivity index (χ0n) is 23.8. The topological polar surface area (TPSA) is 47.1 Å². The maximum Gasteiger partial charge on any atom is 0.416 e. The second-order valence-electron chi connectivity index (χ2n) is 11.7. The van der Waals surface area contributed by atoms with Crippen molar-refractivity contribution in [2.75, 3.05) is 33.2 Å². The lowest BCUT2D eigenvalue weighted by Crippen LogP contribution is -2.57. The number of carbonyl (C=O) groups excluding carboxylic acids is 2. The van der Waals surface area contributed by atoms with Crippen LogP contribution in [0.15, 0.2) is 36.4 Å². The molecule has 43 heavy (non-hydrogen) atoms. The molecule has 0 aromatic heterocycles. The van der Waals surface area contributed by atoms with Gasteiger partial charge in [-0.1, -0.05) is 6.07 Å². The van der Waals surface area contributed by atoms with Crippen LogP contribution in [0, 0.1) is 12.7 Å². The van der Waals surface area contributed by atoms with Gasteiger partial charge in [0.1, 0.15) is 5.82 Å². The second kappa shape index (κ2) is 11.6. The highest BCUT2D eigenvalue weighted by Crippen LogP contribution is 2.39. The van der Waals surface area contributed by atoms with Crippen molar-refractivity contribution in [2.24, 2.45) is 0 Å². The minimum absolute atomic E-state index is 0.0603. The molecule has 3 saturated heterocycles. The lowest BCUT2D eigenvalue weighted by Gasteiger charge is -2.48. The fraction of sp³-hybridized carbons (Fsp3) is 0.533. The van der Waals surface area contributed by atoms with Gasteiger partial charge in [0.15, 0.2) is 0 Å². The van der Waals surface area contributed by atoms with Gasteiger partial charge in [0.25, 0.3) is 0 Å². The predicted molar refractivity (Wildman–Crippen MR) is 143 cm³/mol. The van der Waals surface area contributed by atoms with Gasteiger partial charge in [-0.3, -0.25) is 9.69 Å². The Morgan fingerprint density at radius 2 is 1.60 bits per heavy atom. The monoisotopic (exact) mass is 614 g/mol. The number of benzene rings is 2. The number of likely N-dealkylation sites (tertiary alicyclic amines) is 1. The van der Waals surface area contributed by atoms with Gasteiger partial charge in [0.05, 0.1) is 17.2 Å². The van der Waals surface area contributed by atoms with E-state index in [9.17, 15) is 40.3 Å². The summed E-state index contributed by atoms with van der Waals surface area (Å²) >= 11 is 0. The van der Waals surface area contributed by atoms with Crippen LogP contribution in [0.2, 0.25) is 0 Å². The zero-order chi connectivity index (χ0) is 31.3. The van der Waals surface area contributed by atoms with Crippen LogP contribution in [-0.4, -0.2) is 76.8 Å². The minimum atomic E-state index is -5.00. The summed E-state index contributed by atoms with van der Waals surface area (Å²) in [7, 11) is 1.34. The molecule has 6 nitrogen and oxygen atoms in total. The molecule has 5 rings (SSSR count). The molecule has 1 unspecified atom stereocenters. The second-order valence-corrected chi connectivity index (χ2v) is 11.7. The molecular formula is C30H33F7N4O2.